The molecule has 0 aliphatic rings. The monoisotopic (exact) mass is 275 g/mol. The van der Waals surface area contributed by atoms with Gasteiger partial charge in [-0.05, 0) is 42.5 Å². The highest BCUT2D eigenvalue weighted by molar-refractivity contribution is 6.04. The standard InChI is InChI=1S/C14H10FNO4/c15-8-1-3-9(4-2-8)20-10-5-6-11(13(16)17)12(7-10)14(18)19/h1-7H,(H2,16,17)(H,18,19). The summed E-state index contributed by atoms with van der Waals surface area (Å²) in [4.78, 5) is 22.2. The minimum Gasteiger partial charge on any atom is -0.478 e. The van der Waals surface area contributed by atoms with Crippen molar-refractivity contribution in [1.82, 2.24) is 0 Å². The first-order valence-corrected chi connectivity index (χ1v) is 5.58. The SMILES string of the molecule is NC(=O)c1ccc(Oc2ccc(F)cc2)cc1C(=O)O. The van der Waals surface area contributed by atoms with Crippen molar-refractivity contribution in [3.8, 4) is 11.5 Å². The number of aromatic carboxylic acids is 1. The van der Waals surface area contributed by atoms with Crippen molar-refractivity contribution in [3.63, 3.8) is 0 Å². The maximum atomic E-state index is 12.8. The van der Waals surface area contributed by atoms with Crippen molar-refractivity contribution in [2.75, 3.05) is 0 Å². The van der Waals surface area contributed by atoms with Gasteiger partial charge in [-0.15, -0.1) is 0 Å². The molecule has 5 nitrogen and oxygen atoms in total. The number of carboxylic acids is 1. The molecule has 0 radical (unpaired) electrons. The number of nitrogens with two attached hydrogens (primary N) is 1. The highest BCUT2D eigenvalue weighted by atomic mass is 19.1. The second-order valence-corrected chi connectivity index (χ2v) is 3.93. The highest BCUT2D eigenvalue weighted by Crippen LogP contribution is 2.24. The van der Waals surface area contributed by atoms with Crippen LogP contribution < -0.4 is 10.5 Å². The lowest BCUT2D eigenvalue weighted by atomic mass is 10.1. The van der Waals surface area contributed by atoms with E-state index in [0.717, 1.165) is 0 Å². The molecule has 2 rings (SSSR count). The van der Waals surface area contributed by atoms with Crippen LogP contribution in [0.3, 0.4) is 0 Å². The van der Waals surface area contributed by atoms with Gasteiger partial charge in [0, 0.05) is 0 Å². The molecule has 0 spiro atoms. The quantitative estimate of drug-likeness (QED) is 0.896. The number of carbonyl (C=O) groups excluding carboxylic acids is 1. The number of amides is 1. The molecule has 0 atom stereocenters. The Morgan fingerprint density at radius 1 is 1.00 bits per heavy atom. The van der Waals surface area contributed by atoms with Crippen LogP contribution in [0.2, 0.25) is 0 Å². The summed E-state index contributed by atoms with van der Waals surface area (Å²) in [5.74, 6) is -1.99. The molecule has 0 aliphatic heterocycles. The Labute approximate surface area is 113 Å². The van der Waals surface area contributed by atoms with Crippen LogP contribution in [-0.2, 0) is 0 Å². The molecule has 1 amide bonds. The number of primary amides is 1. The van der Waals surface area contributed by atoms with Gasteiger partial charge in [-0.3, -0.25) is 4.79 Å². The van der Waals surface area contributed by atoms with E-state index in [1.807, 2.05) is 0 Å². The average Bonchev–Trinajstić information content (AvgIpc) is 2.41. The largest absolute Gasteiger partial charge is 0.478 e. The predicted octanol–water partition coefficient (Wildman–Crippen LogP) is 2.42. The number of carboxylic acid groups (broad SMARTS) is 1. The summed E-state index contributed by atoms with van der Waals surface area (Å²) in [6.45, 7) is 0. The maximum Gasteiger partial charge on any atom is 0.336 e. The van der Waals surface area contributed by atoms with E-state index in [4.69, 9.17) is 15.6 Å². The molecule has 0 aliphatic carbocycles. The minimum atomic E-state index is -1.29. The molecule has 3 N–H and O–H groups in total. The lowest BCUT2D eigenvalue weighted by Crippen LogP contribution is -2.16. The molecule has 0 heterocycles. The van der Waals surface area contributed by atoms with Crippen LogP contribution in [0.4, 0.5) is 4.39 Å². The Balaban J connectivity index is 2.34. The third-order valence-corrected chi connectivity index (χ3v) is 2.54. The molecule has 2 aromatic rings. The normalized spacial score (nSPS) is 10.1. The summed E-state index contributed by atoms with van der Waals surface area (Å²) in [7, 11) is 0. The second kappa shape index (κ2) is 5.40. The Bertz CT molecular complexity index is 667. The van der Waals surface area contributed by atoms with Crippen molar-refractivity contribution in [2.24, 2.45) is 5.73 Å². The van der Waals surface area contributed by atoms with Gasteiger partial charge < -0.3 is 15.6 Å². The third-order valence-electron chi connectivity index (χ3n) is 2.54. The van der Waals surface area contributed by atoms with E-state index in [9.17, 15) is 14.0 Å². The smallest absolute Gasteiger partial charge is 0.336 e. The summed E-state index contributed by atoms with van der Waals surface area (Å²) >= 11 is 0. The zero-order valence-corrected chi connectivity index (χ0v) is 10.2. The fourth-order valence-corrected chi connectivity index (χ4v) is 1.62. The Hall–Kier alpha value is -2.89. The molecule has 0 aromatic heterocycles. The van der Waals surface area contributed by atoms with Gasteiger partial charge in [0.15, 0.2) is 0 Å². The van der Waals surface area contributed by atoms with E-state index < -0.39 is 17.7 Å². The molecule has 0 saturated carbocycles. The lowest BCUT2D eigenvalue weighted by molar-refractivity contribution is 0.0691. The topological polar surface area (TPSA) is 89.6 Å². The Morgan fingerprint density at radius 2 is 1.60 bits per heavy atom. The van der Waals surface area contributed by atoms with E-state index in [2.05, 4.69) is 0 Å². The lowest BCUT2D eigenvalue weighted by Gasteiger charge is -2.08. The molecular weight excluding hydrogens is 265 g/mol. The maximum absolute atomic E-state index is 12.8. The van der Waals surface area contributed by atoms with Crippen molar-refractivity contribution in [1.29, 1.82) is 0 Å². The number of carbonyl (C=O) groups is 2. The number of benzene rings is 2. The van der Waals surface area contributed by atoms with Crippen molar-refractivity contribution in [2.45, 2.75) is 0 Å². The van der Waals surface area contributed by atoms with Gasteiger partial charge in [-0.1, -0.05) is 0 Å². The molecule has 102 valence electrons. The third kappa shape index (κ3) is 2.92. The average molecular weight is 275 g/mol. The summed E-state index contributed by atoms with van der Waals surface area (Å²) in [6, 6.07) is 9.10. The number of ether oxygens (including phenoxy) is 1. The van der Waals surface area contributed by atoms with E-state index in [-0.39, 0.29) is 16.9 Å². The second-order valence-electron chi connectivity index (χ2n) is 3.93. The fraction of sp³-hybridized carbons (Fsp3) is 0. The van der Waals surface area contributed by atoms with Crippen LogP contribution in [0, 0.1) is 5.82 Å². The van der Waals surface area contributed by atoms with Gasteiger partial charge in [0.1, 0.15) is 17.3 Å². The molecule has 0 saturated heterocycles. The summed E-state index contributed by atoms with van der Waals surface area (Å²) in [6.07, 6.45) is 0. The van der Waals surface area contributed by atoms with Crippen molar-refractivity contribution in [3.05, 3.63) is 59.4 Å². The van der Waals surface area contributed by atoms with Crippen LogP contribution >= 0.6 is 0 Å². The fourth-order valence-electron chi connectivity index (χ4n) is 1.62. The van der Waals surface area contributed by atoms with Gasteiger partial charge in [-0.25, -0.2) is 9.18 Å². The first kappa shape index (κ1) is 13.5. The zero-order valence-electron chi connectivity index (χ0n) is 10.2. The van der Waals surface area contributed by atoms with Crippen LogP contribution in [0.5, 0.6) is 11.5 Å². The summed E-state index contributed by atoms with van der Waals surface area (Å²) in [5, 5.41) is 9.03. The highest BCUT2D eigenvalue weighted by Gasteiger charge is 2.15. The van der Waals surface area contributed by atoms with Gasteiger partial charge in [-0.2, -0.15) is 0 Å². The molecule has 0 unspecified atom stereocenters. The molecule has 0 bridgehead atoms. The van der Waals surface area contributed by atoms with Crippen molar-refractivity contribution < 1.29 is 23.8 Å². The van der Waals surface area contributed by atoms with Gasteiger partial charge in [0.2, 0.25) is 5.91 Å². The van der Waals surface area contributed by atoms with E-state index in [0.29, 0.717) is 5.75 Å². The molecular formula is C14H10FNO4. The number of hydrogen-bond donors (Lipinski definition) is 2. The van der Waals surface area contributed by atoms with Crippen LogP contribution in [0.1, 0.15) is 20.7 Å². The van der Waals surface area contributed by atoms with E-state index in [1.54, 1.807) is 0 Å². The van der Waals surface area contributed by atoms with Gasteiger partial charge in [0.05, 0.1) is 11.1 Å². The Morgan fingerprint density at radius 3 is 2.15 bits per heavy atom. The van der Waals surface area contributed by atoms with Crippen LogP contribution in [-0.4, -0.2) is 17.0 Å². The number of rotatable bonds is 4. The zero-order chi connectivity index (χ0) is 14.7. The van der Waals surface area contributed by atoms with Crippen molar-refractivity contribution >= 4 is 11.9 Å². The van der Waals surface area contributed by atoms with Gasteiger partial charge >= 0.3 is 5.97 Å². The number of hydrogen-bond acceptors (Lipinski definition) is 3. The van der Waals surface area contributed by atoms with E-state index in [1.165, 1.54) is 42.5 Å². The summed E-state index contributed by atoms with van der Waals surface area (Å²) in [5.41, 5.74) is 4.73. The molecule has 2 aromatic carbocycles. The first-order valence-electron chi connectivity index (χ1n) is 5.58. The van der Waals surface area contributed by atoms with Crippen LogP contribution in [0.15, 0.2) is 42.5 Å². The predicted molar refractivity (Wildman–Crippen MR) is 68.4 cm³/mol. The van der Waals surface area contributed by atoms with Crippen LogP contribution in [0.25, 0.3) is 0 Å². The van der Waals surface area contributed by atoms with E-state index >= 15 is 0 Å². The minimum absolute atomic E-state index is 0.107. The Kier molecular flexibility index (Phi) is 3.65. The first-order chi connectivity index (χ1) is 9.47. The molecule has 20 heavy (non-hydrogen) atoms. The number of halogens is 1. The summed E-state index contributed by atoms with van der Waals surface area (Å²) < 4.78 is 18.1. The molecule has 6 heteroatoms. The molecule has 0 fully saturated rings. The van der Waals surface area contributed by atoms with Gasteiger partial charge in [0.25, 0.3) is 0 Å².